The van der Waals surface area contributed by atoms with Gasteiger partial charge >= 0.3 is 7.60 Å². The van der Waals surface area contributed by atoms with E-state index in [-0.39, 0.29) is 40.8 Å². The normalized spacial score (nSPS) is 20.6. The third-order valence-electron chi connectivity index (χ3n) is 15.6. The molecule has 22 heteroatoms. The fraction of sp³-hybridized carbons (Fsp3) is 0.462. The van der Waals surface area contributed by atoms with Crippen molar-refractivity contribution in [1.82, 2.24) is 40.0 Å². The second-order valence-corrected chi connectivity index (χ2v) is 22.5. The van der Waals surface area contributed by atoms with E-state index in [1.54, 1.807) is 37.6 Å². The predicted molar refractivity (Wildman–Crippen MR) is 281 cm³/mol. The average Bonchev–Trinajstić information content (AvgIpc) is 4.25. The van der Waals surface area contributed by atoms with Crippen LogP contribution in [0.1, 0.15) is 83.6 Å². The van der Waals surface area contributed by atoms with E-state index in [9.17, 15) is 23.7 Å². The molecule has 7 heterocycles. The van der Waals surface area contributed by atoms with E-state index in [1.807, 2.05) is 6.07 Å². The van der Waals surface area contributed by atoms with Crippen LogP contribution in [0.5, 0.6) is 5.75 Å². The Balaban J connectivity index is 0.680. The van der Waals surface area contributed by atoms with Crippen molar-refractivity contribution in [2.45, 2.75) is 69.4 Å². The smallest absolute Gasteiger partial charge is 0.365 e. The number of hydrogen-bond acceptors (Lipinski definition) is 18. The van der Waals surface area contributed by atoms with Crippen LogP contribution in [0.4, 0.5) is 34.5 Å². The molecule has 5 aliphatic heterocycles. The van der Waals surface area contributed by atoms with Gasteiger partial charge in [-0.15, -0.1) is 0 Å². The summed E-state index contributed by atoms with van der Waals surface area (Å²) in [6.07, 6.45) is 11.5. The molecule has 3 N–H and O–H groups in total. The van der Waals surface area contributed by atoms with Gasteiger partial charge in [-0.2, -0.15) is 4.98 Å². The number of aromatic nitrogens is 4. The van der Waals surface area contributed by atoms with Crippen LogP contribution in [0.2, 0.25) is 5.02 Å². The molecule has 4 amide bonds. The van der Waals surface area contributed by atoms with E-state index in [0.29, 0.717) is 51.5 Å². The number of nitrogens with zero attached hydrogens (tertiary/aromatic N) is 9. The number of piperazine rings is 1. The Morgan fingerprint density at radius 2 is 1.50 bits per heavy atom. The Bertz CT molecular complexity index is 3060. The van der Waals surface area contributed by atoms with Crippen LogP contribution in [-0.4, -0.2) is 151 Å². The Morgan fingerprint density at radius 1 is 0.757 bits per heavy atom. The molecule has 0 spiro atoms. The molecule has 1 aliphatic carbocycles. The zero-order chi connectivity index (χ0) is 51.3. The number of likely N-dealkylation sites (tertiary alicyclic amines) is 1. The summed E-state index contributed by atoms with van der Waals surface area (Å²) in [5.74, 6) is 0.330. The van der Waals surface area contributed by atoms with Gasteiger partial charge < -0.3 is 39.1 Å². The maximum Gasteiger partial charge on any atom is 0.365 e. The number of fused-ring (bicyclic) bond motifs is 2. The van der Waals surface area contributed by atoms with Crippen molar-refractivity contribution in [1.29, 1.82) is 0 Å². The SMILES string of the molecule is COc1cc(N2CCN(C3CCN(CC4CCN(c5ccc6c(c5)C(=O)N(C5CCC(=O)NC5=O)C6=O)CC4)CC3)CC2)c(C2CC2)cc1Nc1ncc(Cl)c(Nc2ccc3nccnc3c2P(=O)(OC)OC)n1. The molecule has 11 rings (SSSR count). The molecule has 1 unspecified atom stereocenters. The van der Waals surface area contributed by atoms with Crippen molar-refractivity contribution in [2.75, 3.05) is 101 Å². The summed E-state index contributed by atoms with van der Waals surface area (Å²) in [7, 11) is 0.484. The van der Waals surface area contributed by atoms with Crippen molar-refractivity contribution >= 4 is 93.7 Å². The minimum atomic E-state index is -3.82. The van der Waals surface area contributed by atoms with E-state index in [0.717, 1.165) is 114 Å². The molecule has 74 heavy (non-hydrogen) atoms. The van der Waals surface area contributed by atoms with Gasteiger partial charge in [-0.25, -0.2) is 4.98 Å². The van der Waals surface area contributed by atoms with Gasteiger partial charge in [0.05, 0.1) is 41.3 Å². The molecule has 0 radical (unpaired) electrons. The summed E-state index contributed by atoms with van der Waals surface area (Å²) in [6.45, 7) is 8.85. The first kappa shape index (κ1) is 49.9. The zero-order valence-corrected chi connectivity index (χ0v) is 43.4. The lowest BCUT2D eigenvalue weighted by Crippen LogP contribution is -2.54. The molecule has 6 aliphatic rings. The Kier molecular flexibility index (Phi) is 14.0. The van der Waals surface area contributed by atoms with Crippen LogP contribution in [-0.2, 0) is 23.2 Å². The lowest BCUT2D eigenvalue weighted by Gasteiger charge is -2.44. The van der Waals surface area contributed by atoms with Crippen molar-refractivity contribution in [3.05, 3.63) is 82.8 Å². The minimum absolute atomic E-state index is 0.0940. The van der Waals surface area contributed by atoms with E-state index in [1.165, 1.54) is 37.9 Å². The maximum atomic E-state index is 13.9. The highest BCUT2D eigenvalue weighted by atomic mass is 35.5. The van der Waals surface area contributed by atoms with Gasteiger partial charge in [0.1, 0.15) is 27.6 Å². The van der Waals surface area contributed by atoms with Crippen LogP contribution in [0, 0.1) is 5.92 Å². The van der Waals surface area contributed by atoms with Crippen LogP contribution in [0.15, 0.2) is 61.1 Å². The highest BCUT2D eigenvalue weighted by Crippen LogP contribution is 2.50. The molecule has 1 saturated carbocycles. The third-order valence-corrected chi connectivity index (χ3v) is 17.9. The number of piperidine rings is 3. The second kappa shape index (κ2) is 20.8. The molecular weight excluding hydrogens is 987 g/mol. The van der Waals surface area contributed by atoms with Gasteiger partial charge in [0.25, 0.3) is 11.8 Å². The number of hydrogen-bond donors (Lipinski definition) is 3. The number of methoxy groups -OCH3 is 1. The second-order valence-electron chi connectivity index (χ2n) is 19.9. The van der Waals surface area contributed by atoms with E-state index >= 15 is 0 Å². The molecular formula is C52H60ClN12O8P. The van der Waals surface area contributed by atoms with Gasteiger partial charge in [-0.05, 0) is 112 Å². The Morgan fingerprint density at radius 3 is 2.22 bits per heavy atom. The zero-order valence-electron chi connectivity index (χ0n) is 41.7. The van der Waals surface area contributed by atoms with E-state index < -0.39 is 31.4 Å². The average molecular weight is 1050 g/mol. The quantitative estimate of drug-likeness (QED) is 0.0757. The molecule has 4 saturated heterocycles. The topological polar surface area (TPSA) is 217 Å². The van der Waals surface area contributed by atoms with Crippen LogP contribution >= 0.6 is 19.2 Å². The van der Waals surface area contributed by atoms with Crippen molar-refractivity contribution in [2.24, 2.45) is 5.92 Å². The molecule has 20 nitrogen and oxygen atoms in total. The third kappa shape index (κ3) is 9.79. The molecule has 388 valence electrons. The van der Waals surface area contributed by atoms with Gasteiger partial charge in [0.2, 0.25) is 17.8 Å². The van der Waals surface area contributed by atoms with Crippen LogP contribution in [0.3, 0.4) is 0 Å². The number of amides is 4. The summed E-state index contributed by atoms with van der Waals surface area (Å²) in [6, 6.07) is 12.8. The highest BCUT2D eigenvalue weighted by molar-refractivity contribution is 7.63. The summed E-state index contributed by atoms with van der Waals surface area (Å²) in [5, 5.41) is 9.33. The number of imide groups is 2. The van der Waals surface area contributed by atoms with Crippen LogP contribution in [0.25, 0.3) is 11.0 Å². The summed E-state index contributed by atoms with van der Waals surface area (Å²) >= 11 is 6.67. The Labute approximate surface area is 434 Å². The molecule has 0 bridgehead atoms. The lowest BCUT2D eigenvalue weighted by molar-refractivity contribution is -0.136. The number of anilines is 6. The number of carbonyl (C=O) groups excluding carboxylic acids is 4. The number of ether oxygens (including phenoxy) is 1. The van der Waals surface area contributed by atoms with Crippen molar-refractivity contribution in [3.63, 3.8) is 0 Å². The summed E-state index contributed by atoms with van der Waals surface area (Å²) in [5.41, 5.74) is 6.03. The fourth-order valence-corrected chi connectivity index (χ4v) is 13.0. The monoisotopic (exact) mass is 1050 g/mol. The fourth-order valence-electron chi connectivity index (χ4n) is 11.5. The highest BCUT2D eigenvalue weighted by Gasteiger charge is 2.45. The summed E-state index contributed by atoms with van der Waals surface area (Å²) < 4.78 is 30.7. The lowest BCUT2D eigenvalue weighted by atomic mass is 9.93. The predicted octanol–water partition coefficient (Wildman–Crippen LogP) is 6.46. The number of benzene rings is 3. The maximum absolute atomic E-state index is 13.9. The van der Waals surface area contributed by atoms with E-state index in [4.69, 9.17) is 30.4 Å². The van der Waals surface area contributed by atoms with Gasteiger partial charge in [-0.3, -0.25) is 48.8 Å². The summed E-state index contributed by atoms with van der Waals surface area (Å²) in [4.78, 5) is 80.1. The van der Waals surface area contributed by atoms with Crippen molar-refractivity contribution in [3.8, 4) is 5.75 Å². The molecule has 5 fully saturated rings. The standard InChI is InChI=1S/C52H60ClN12O8P/c1-71-44-28-43(36(32-4-5-32)27-41(44)58-52-56-29-38(53)48(60-52)57-40-9-8-39-46(55-17-16-54-39)47(40)74(70,72-2)73-3)64-24-22-63(23-25-64)33-14-18-61(19-15-33)30-31-12-20-62(21-13-31)34-6-7-35-37(26-34)51(69)65(50(35)68)42-10-11-45(66)59-49(42)67/h6-9,16-17,26-29,31-33,42H,4-5,10-15,18-25,30H2,1-3H3,(H,59,66,67)(H2,56,57,58,60). The molecule has 3 aromatic carbocycles. The van der Waals surface area contributed by atoms with Gasteiger partial charge in [0.15, 0.2) is 5.82 Å². The first-order valence-electron chi connectivity index (χ1n) is 25.5. The molecule has 1 atom stereocenters. The number of carbonyl (C=O) groups is 4. The first-order chi connectivity index (χ1) is 35.9. The number of nitrogens with one attached hydrogen (secondary N) is 3. The largest absolute Gasteiger partial charge is 0.494 e. The molecule has 2 aromatic heterocycles. The molecule has 5 aromatic rings. The Hall–Kier alpha value is -6.28. The van der Waals surface area contributed by atoms with Gasteiger partial charge in [0, 0.05) is 102 Å². The minimum Gasteiger partial charge on any atom is -0.494 e. The number of halogens is 1. The van der Waals surface area contributed by atoms with Crippen LogP contribution < -0.4 is 35.8 Å². The number of rotatable bonds is 15. The first-order valence-corrected chi connectivity index (χ1v) is 27.4. The van der Waals surface area contributed by atoms with Gasteiger partial charge in [-0.1, -0.05) is 11.6 Å². The van der Waals surface area contributed by atoms with Crippen molar-refractivity contribution < 1.29 is 37.5 Å². The van der Waals surface area contributed by atoms with E-state index in [2.05, 4.69) is 62.6 Å².